The van der Waals surface area contributed by atoms with Crippen LogP contribution in [0.4, 0.5) is 5.69 Å². The molecule has 0 amide bonds. The minimum atomic E-state index is 0.220. The molecule has 0 aliphatic heterocycles. The fraction of sp³-hybridized carbons (Fsp3) is 0.417. The number of aliphatic hydroxyl groups excluding tert-OH is 1. The molecule has 0 radical (unpaired) electrons. The second kappa shape index (κ2) is 7.15. The second-order valence-corrected chi connectivity index (χ2v) is 4.20. The van der Waals surface area contributed by atoms with Gasteiger partial charge >= 0.3 is 0 Å². The van der Waals surface area contributed by atoms with Crippen LogP contribution in [0.25, 0.3) is 0 Å². The van der Waals surface area contributed by atoms with Crippen LogP contribution in [0.1, 0.15) is 18.4 Å². The quantitative estimate of drug-likeness (QED) is 0.588. The normalized spacial score (nSPS) is 9.81. The molecule has 0 aliphatic rings. The van der Waals surface area contributed by atoms with Gasteiger partial charge < -0.3 is 10.4 Å². The molecule has 0 fully saturated rings. The van der Waals surface area contributed by atoms with Crippen molar-refractivity contribution in [2.24, 2.45) is 0 Å². The van der Waals surface area contributed by atoms with Crippen LogP contribution >= 0.6 is 11.8 Å². The highest BCUT2D eigenvalue weighted by atomic mass is 32.2. The molecule has 0 spiro atoms. The van der Waals surface area contributed by atoms with Gasteiger partial charge in [-0.05, 0) is 31.2 Å². The summed E-state index contributed by atoms with van der Waals surface area (Å²) < 4.78 is 0. The SMILES string of the molecule is CSc1cccc(NCCCCO)c1C#N. The molecule has 0 saturated heterocycles. The smallest absolute Gasteiger partial charge is 0.102 e. The number of benzene rings is 1. The van der Waals surface area contributed by atoms with Crippen molar-refractivity contribution >= 4 is 17.4 Å². The first-order valence-corrected chi connectivity index (χ1v) is 6.47. The third-order valence-corrected chi connectivity index (χ3v) is 3.04. The molecule has 0 unspecified atom stereocenters. The number of rotatable bonds is 6. The van der Waals surface area contributed by atoms with Crippen LogP contribution in [0.2, 0.25) is 0 Å². The van der Waals surface area contributed by atoms with E-state index in [9.17, 15) is 0 Å². The van der Waals surface area contributed by atoms with Crippen LogP contribution in [-0.2, 0) is 0 Å². The molecular formula is C12H16N2OS. The lowest BCUT2D eigenvalue weighted by Crippen LogP contribution is -2.04. The van der Waals surface area contributed by atoms with Gasteiger partial charge in [0.15, 0.2) is 0 Å². The van der Waals surface area contributed by atoms with E-state index in [2.05, 4.69) is 11.4 Å². The Morgan fingerprint density at radius 3 is 2.88 bits per heavy atom. The van der Waals surface area contributed by atoms with Crippen LogP contribution < -0.4 is 5.32 Å². The number of anilines is 1. The van der Waals surface area contributed by atoms with Crippen molar-refractivity contribution in [2.75, 3.05) is 24.7 Å². The van der Waals surface area contributed by atoms with Crippen molar-refractivity contribution in [2.45, 2.75) is 17.7 Å². The third kappa shape index (κ3) is 3.44. The number of nitrogens with one attached hydrogen (secondary N) is 1. The Kier molecular flexibility index (Phi) is 5.76. The summed E-state index contributed by atoms with van der Waals surface area (Å²) in [6, 6.07) is 8.03. The zero-order valence-corrected chi connectivity index (χ0v) is 10.2. The molecule has 1 rings (SSSR count). The van der Waals surface area contributed by atoms with Gasteiger partial charge in [0.1, 0.15) is 6.07 Å². The predicted molar refractivity (Wildman–Crippen MR) is 67.7 cm³/mol. The number of aliphatic hydroxyl groups is 1. The van der Waals surface area contributed by atoms with Gasteiger partial charge in [-0.3, -0.25) is 0 Å². The van der Waals surface area contributed by atoms with Crippen molar-refractivity contribution in [3.05, 3.63) is 23.8 Å². The molecule has 0 aliphatic carbocycles. The molecule has 0 heterocycles. The van der Waals surface area contributed by atoms with Crippen LogP contribution in [0.5, 0.6) is 0 Å². The lowest BCUT2D eigenvalue weighted by atomic mass is 10.2. The summed E-state index contributed by atoms with van der Waals surface area (Å²) in [5.41, 5.74) is 1.59. The van der Waals surface area contributed by atoms with Gasteiger partial charge in [0, 0.05) is 18.0 Å². The van der Waals surface area contributed by atoms with Gasteiger partial charge in [-0.15, -0.1) is 11.8 Å². The minimum absolute atomic E-state index is 0.220. The van der Waals surface area contributed by atoms with Gasteiger partial charge in [0.05, 0.1) is 11.3 Å². The van der Waals surface area contributed by atoms with Gasteiger partial charge in [-0.2, -0.15) is 5.26 Å². The van der Waals surface area contributed by atoms with Crippen LogP contribution in [0.15, 0.2) is 23.1 Å². The predicted octanol–water partition coefficient (Wildman–Crippen LogP) is 2.46. The second-order valence-electron chi connectivity index (χ2n) is 3.35. The Hall–Kier alpha value is -1.18. The first kappa shape index (κ1) is 12.9. The van der Waals surface area contributed by atoms with Crippen LogP contribution in [-0.4, -0.2) is 24.5 Å². The maximum absolute atomic E-state index is 9.09. The molecule has 0 bridgehead atoms. The molecule has 1 aromatic carbocycles. The monoisotopic (exact) mass is 236 g/mol. The van der Waals surface area contributed by atoms with E-state index in [4.69, 9.17) is 10.4 Å². The fourth-order valence-electron chi connectivity index (χ4n) is 1.42. The summed E-state index contributed by atoms with van der Waals surface area (Å²) >= 11 is 1.58. The van der Waals surface area contributed by atoms with E-state index in [1.165, 1.54) is 0 Å². The Labute approximate surface area is 100 Å². The van der Waals surface area contributed by atoms with E-state index in [1.54, 1.807) is 11.8 Å². The van der Waals surface area contributed by atoms with E-state index in [-0.39, 0.29) is 6.61 Å². The lowest BCUT2D eigenvalue weighted by molar-refractivity contribution is 0.286. The van der Waals surface area contributed by atoms with E-state index in [0.29, 0.717) is 5.56 Å². The highest BCUT2D eigenvalue weighted by Crippen LogP contribution is 2.26. The highest BCUT2D eigenvalue weighted by molar-refractivity contribution is 7.98. The first-order chi connectivity index (χ1) is 7.83. The Bertz CT molecular complexity index is 374. The van der Waals surface area contributed by atoms with E-state index in [0.717, 1.165) is 30.0 Å². The lowest BCUT2D eigenvalue weighted by Gasteiger charge is -2.09. The topological polar surface area (TPSA) is 56.0 Å². The molecule has 86 valence electrons. The van der Waals surface area contributed by atoms with Crippen LogP contribution in [0, 0.1) is 11.3 Å². The molecule has 4 heteroatoms. The molecule has 0 atom stereocenters. The molecular weight excluding hydrogens is 220 g/mol. The number of unbranched alkanes of at least 4 members (excludes halogenated alkanes) is 1. The maximum atomic E-state index is 9.09. The van der Waals surface area contributed by atoms with Crippen molar-refractivity contribution in [3.63, 3.8) is 0 Å². The number of nitrogens with zero attached hydrogens (tertiary/aromatic N) is 1. The average molecular weight is 236 g/mol. The largest absolute Gasteiger partial charge is 0.396 e. The van der Waals surface area contributed by atoms with E-state index in [1.807, 2.05) is 24.5 Å². The van der Waals surface area contributed by atoms with Gasteiger partial charge in [0.25, 0.3) is 0 Å². The van der Waals surface area contributed by atoms with Crippen molar-refractivity contribution in [1.29, 1.82) is 5.26 Å². The molecule has 1 aromatic rings. The van der Waals surface area contributed by atoms with Crippen molar-refractivity contribution in [3.8, 4) is 6.07 Å². The van der Waals surface area contributed by atoms with Crippen molar-refractivity contribution < 1.29 is 5.11 Å². The van der Waals surface area contributed by atoms with Gasteiger partial charge in [-0.1, -0.05) is 6.07 Å². The number of hydrogen-bond acceptors (Lipinski definition) is 4. The molecule has 0 aromatic heterocycles. The summed E-state index contributed by atoms with van der Waals surface area (Å²) in [6.07, 6.45) is 3.66. The zero-order chi connectivity index (χ0) is 11.8. The minimum Gasteiger partial charge on any atom is -0.396 e. The summed E-state index contributed by atoms with van der Waals surface area (Å²) in [5.74, 6) is 0. The fourth-order valence-corrected chi connectivity index (χ4v) is 2.00. The number of thioether (sulfide) groups is 1. The number of nitriles is 1. The molecule has 3 nitrogen and oxygen atoms in total. The molecule has 16 heavy (non-hydrogen) atoms. The first-order valence-electron chi connectivity index (χ1n) is 5.25. The van der Waals surface area contributed by atoms with Crippen molar-refractivity contribution in [1.82, 2.24) is 0 Å². The Morgan fingerprint density at radius 2 is 2.25 bits per heavy atom. The maximum Gasteiger partial charge on any atom is 0.102 e. The summed E-state index contributed by atoms with van der Waals surface area (Å²) in [7, 11) is 0. The van der Waals surface area contributed by atoms with Gasteiger partial charge in [0.2, 0.25) is 0 Å². The molecule has 0 saturated carbocycles. The van der Waals surface area contributed by atoms with Crippen LogP contribution in [0.3, 0.4) is 0 Å². The average Bonchev–Trinajstić information content (AvgIpc) is 2.34. The Morgan fingerprint density at radius 1 is 1.44 bits per heavy atom. The summed E-state index contributed by atoms with van der Waals surface area (Å²) in [6.45, 7) is 1.00. The van der Waals surface area contributed by atoms with Gasteiger partial charge in [-0.25, -0.2) is 0 Å². The number of hydrogen-bond donors (Lipinski definition) is 2. The highest BCUT2D eigenvalue weighted by Gasteiger charge is 2.05. The van der Waals surface area contributed by atoms with E-state index >= 15 is 0 Å². The standard InChI is InChI=1S/C12H16N2OS/c1-16-12-6-4-5-11(10(12)9-13)14-7-2-3-8-15/h4-6,14-15H,2-3,7-8H2,1H3. The zero-order valence-electron chi connectivity index (χ0n) is 9.36. The summed E-state index contributed by atoms with van der Waals surface area (Å²) in [4.78, 5) is 0.995. The molecule has 2 N–H and O–H groups in total. The Balaban J connectivity index is 2.68. The summed E-state index contributed by atoms with van der Waals surface area (Å²) in [5, 5.41) is 21.0. The van der Waals surface area contributed by atoms with E-state index < -0.39 is 0 Å². The third-order valence-electron chi connectivity index (χ3n) is 2.26.